The fourth-order valence-electron chi connectivity index (χ4n) is 2.68. The molecule has 0 fully saturated rings. The number of thiophene rings is 1. The van der Waals surface area contributed by atoms with Crippen molar-refractivity contribution in [3.05, 3.63) is 37.3 Å². The zero-order valence-electron chi connectivity index (χ0n) is 11.0. The van der Waals surface area contributed by atoms with Crippen molar-refractivity contribution in [2.75, 3.05) is 6.54 Å². The Labute approximate surface area is 131 Å². The van der Waals surface area contributed by atoms with Gasteiger partial charge in [0.05, 0.1) is 15.6 Å². The molecule has 19 heavy (non-hydrogen) atoms. The first kappa shape index (κ1) is 13.6. The Morgan fingerprint density at radius 2 is 2.47 bits per heavy atom. The van der Waals surface area contributed by atoms with Crippen molar-refractivity contribution in [3.63, 3.8) is 0 Å². The lowest BCUT2D eigenvalue weighted by atomic mass is 9.94. The number of aryl methyl sites for hydroxylation is 2. The Hall–Kier alpha value is -0.400. The van der Waals surface area contributed by atoms with E-state index in [1.54, 1.807) is 4.88 Å². The minimum atomic E-state index is 0.542. The van der Waals surface area contributed by atoms with Gasteiger partial charge in [-0.1, -0.05) is 0 Å². The molecule has 0 bridgehead atoms. The predicted molar refractivity (Wildman–Crippen MR) is 87.7 cm³/mol. The lowest BCUT2D eigenvalue weighted by Gasteiger charge is -2.23. The molecular formula is C14H18IN3S. The van der Waals surface area contributed by atoms with Crippen LogP contribution in [0.1, 0.15) is 34.9 Å². The number of halogens is 1. The van der Waals surface area contributed by atoms with E-state index in [-0.39, 0.29) is 0 Å². The summed E-state index contributed by atoms with van der Waals surface area (Å²) in [6, 6.07) is 2.90. The smallest absolute Gasteiger partial charge is 0.0659 e. The van der Waals surface area contributed by atoms with Crippen LogP contribution in [0.5, 0.6) is 0 Å². The molecule has 5 heteroatoms. The summed E-state index contributed by atoms with van der Waals surface area (Å²) in [6.45, 7) is 4.01. The first-order chi connectivity index (χ1) is 9.22. The molecule has 0 aliphatic heterocycles. The average Bonchev–Trinajstić information content (AvgIpc) is 2.95. The van der Waals surface area contributed by atoms with Crippen LogP contribution in [0.4, 0.5) is 0 Å². The van der Waals surface area contributed by atoms with E-state index in [4.69, 9.17) is 0 Å². The van der Waals surface area contributed by atoms with Gasteiger partial charge in [0.1, 0.15) is 0 Å². The van der Waals surface area contributed by atoms with Crippen molar-refractivity contribution in [2.45, 2.75) is 38.8 Å². The number of nitrogens with one attached hydrogen (secondary N) is 1. The summed E-state index contributed by atoms with van der Waals surface area (Å²) < 4.78 is 3.43. The van der Waals surface area contributed by atoms with Crippen LogP contribution in [0.25, 0.3) is 0 Å². The van der Waals surface area contributed by atoms with E-state index in [1.807, 2.05) is 22.2 Å². The molecule has 0 amide bonds. The summed E-state index contributed by atoms with van der Waals surface area (Å²) in [5, 5.41) is 8.02. The van der Waals surface area contributed by atoms with Crippen LogP contribution in [-0.2, 0) is 13.0 Å². The maximum absolute atomic E-state index is 4.32. The van der Waals surface area contributed by atoms with Crippen LogP contribution in [-0.4, -0.2) is 16.3 Å². The van der Waals surface area contributed by atoms with Gasteiger partial charge in [-0.05, 0) is 66.0 Å². The highest BCUT2D eigenvalue weighted by molar-refractivity contribution is 14.1. The average molecular weight is 387 g/mol. The molecule has 0 radical (unpaired) electrons. The van der Waals surface area contributed by atoms with Crippen LogP contribution < -0.4 is 5.32 Å². The highest BCUT2D eigenvalue weighted by Crippen LogP contribution is 2.36. The molecule has 1 aliphatic rings. The third-order valence-corrected chi connectivity index (χ3v) is 5.55. The van der Waals surface area contributed by atoms with Crippen molar-refractivity contribution in [1.29, 1.82) is 0 Å². The molecule has 2 heterocycles. The molecular weight excluding hydrogens is 369 g/mol. The lowest BCUT2D eigenvalue weighted by Crippen LogP contribution is -2.27. The standard InChI is InChI=1S/C14H18IN3S/c1-10-8-17-18(9-10)6-5-16-12-3-2-4-13-11(12)7-14(15)19-13/h7-9,12,16H,2-6H2,1H3. The second-order valence-electron chi connectivity index (χ2n) is 5.11. The minimum absolute atomic E-state index is 0.542. The van der Waals surface area contributed by atoms with Crippen LogP contribution in [0.15, 0.2) is 18.5 Å². The molecule has 2 aromatic heterocycles. The molecule has 2 aromatic rings. The number of hydrogen-bond acceptors (Lipinski definition) is 3. The van der Waals surface area contributed by atoms with Crippen molar-refractivity contribution in [1.82, 2.24) is 15.1 Å². The highest BCUT2D eigenvalue weighted by Gasteiger charge is 2.21. The van der Waals surface area contributed by atoms with Gasteiger partial charge in [-0.15, -0.1) is 11.3 Å². The third-order valence-electron chi connectivity index (χ3n) is 3.58. The van der Waals surface area contributed by atoms with Crippen molar-refractivity contribution < 1.29 is 0 Å². The predicted octanol–water partition coefficient (Wildman–Crippen LogP) is 3.52. The van der Waals surface area contributed by atoms with Crippen LogP contribution >= 0.6 is 33.9 Å². The van der Waals surface area contributed by atoms with Gasteiger partial charge in [-0.25, -0.2) is 0 Å². The second-order valence-corrected chi connectivity index (χ2v) is 8.14. The summed E-state index contributed by atoms with van der Waals surface area (Å²) in [5.41, 5.74) is 2.77. The summed E-state index contributed by atoms with van der Waals surface area (Å²) in [5.74, 6) is 0. The van der Waals surface area contributed by atoms with Gasteiger partial charge in [0.25, 0.3) is 0 Å². The van der Waals surface area contributed by atoms with E-state index in [2.05, 4.69) is 52.2 Å². The zero-order chi connectivity index (χ0) is 13.2. The summed E-state index contributed by atoms with van der Waals surface area (Å²) in [7, 11) is 0. The van der Waals surface area contributed by atoms with Crippen LogP contribution in [0.3, 0.4) is 0 Å². The molecule has 0 saturated carbocycles. The molecule has 1 N–H and O–H groups in total. The fraction of sp³-hybridized carbons (Fsp3) is 0.500. The monoisotopic (exact) mass is 387 g/mol. The molecule has 0 saturated heterocycles. The first-order valence-corrected chi connectivity index (χ1v) is 8.62. The van der Waals surface area contributed by atoms with Gasteiger partial charge >= 0.3 is 0 Å². The number of rotatable bonds is 4. The van der Waals surface area contributed by atoms with E-state index in [0.717, 1.165) is 13.1 Å². The molecule has 1 atom stereocenters. The number of hydrogen-bond donors (Lipinski definition) is 1. The molecule has 102 valence electrons. The Bertz CT molecular complexity index is 561. The molecule has 3 nitrogen and oxygen atoms in total. The number of fused-ring (bicyclic) bond motifs is 1. The van der Waals surface area contributed by atoms with Gasteiger partial charge in [-0.2, -0.15) is 5.10 Å². The molecule has 0 spiro atoms. The SMILES string of the molecule is Cc1cnn(CCNC2CCCc3sc(I)cc32)c1. The number of nitrogens with zero attached hydrogens (tertiary/aromatic N) is 2. The lowest BCUT2D eigenvalue weighted by molar-refractivity contribution is 0.440. The Morgan fingerprint density at radius 3 is 3.26 bits per heavy atom. The topological polar surface area (TPSA) is 29.9 Å². The highest BCUT2D eigenvalue weighted by atomic mass is 127. The Morgan fingerprint density at radius 1 is 1.58 bits per heavy atom. The van der Waals surface area contributed by atoms with Gasteiger partial charge in [0.15, 0.2) is 0 Å². The Kier molecular flexibility index (Phi) is 4.24. The maximum Gasteiger partial charge on any atom is 0.0659 e. The Balaban J connectivity index is 1.59. The maximum atomic E-state index is 4.32. The van der Waals surface area contributed by atoms with Gasteiger partial charge in [0.2, 0.25) is 0 Å². The second kappa shape index (κ2) is 5.93. The van der Waals surface area contributed by atoms with E-state index in [1.165, 1.54) is 33.3 Å². The van der Waals surface area contributed by atoms with Crippen molar-refractivity contribution >= 4 is 33.9 Å². The largest absolute Gasteiger partial charge is 0.308 e. The molecule has 1 unspecified atom stereocenters. The van der Waals surface area contributed by atoms with Gasteiger partial charge in [0, 0.05) is 23.7 Å². The van der Waals surface area contributed by atoms with E-state index in [0.29, 0.717) is 6.04 Å². The van der Waals surface area contributed by atoms with Crippen LogP contribution in [0.2, 0.25) is 0 Å². The third kappa shape index (κ3) is 3.20. The van der Waals surface area contributed by atoms with E-state index >= 15 is 0 Å². The normalized spacial score (nSPS) is 18.5. The fourth-order valence-corrected chi connectivity index (χ4v) is 4.80. The first-order valence-electron chi connectivity index (χ1n) is 6.73. The van der Waals surface area contributed by atoms with Crippen LogP contribution in [0, 0.1) is 9.81 Å². The van der Waals surface area contributed by atoms with Gasteiger partial charge < -0.3 is 5.32 Å². The van der Waals surface area contributed by atoms with Crippen molar-refractivity contribution in [3.8, 4) is 0 Å². The van der Waals surface area contributed by atoms with Crippen molar-refractivity contribution in [2.24, 2.45) is 0 Å². The quantitative estimate of drug-likeness (QED) is 0.814. The zero-order valence-corrected chi connectivity index (χ0v) is 14.0. The van der Waals surface area contributed by atoms with Gasteiger partial charge in [-0.3, -0.25) is 4.68 Å². The molecule has 1 aliphatic carbocycles. The van der Waals surface area contributed by atoms with E-state index < -0.39 is 0 Å². The summed E-state index contributed by atoms with van der Waals surface area (Å²) in [4.78, 5) is 1.59. The molecule has 3 rings (SSSR count). The van der Waals surface area contributed by atoms with E-state index in [9.17, 15) is 0 Å². The number of aromatic nitrogens is 2. The molecule has 0 aromatic carbocycles. The summed E-state index contributed by atoms with van der Waals surface area (Å²) >= 11 is 4.39. The minimum Gasteiger partial charge on any atom is -0.308 e. The summed E-state index contributed by atoms with van der Waals surface area (Å²) in [6.07, 6.45) is 7.85.